The number of aryl methyl sites for hydroxylation is 1. The Balaban J connectivity index is 2.12. The summed E-state index contributed by atoms with van der Waals surface area (Å²) in [4.78, 5) is 24.3. The Morgan fingerprint density at radius 1 is 1.04 bits per heavy atom. The van der Waals surface area contributed by atoms with Gasteiger partial charge in [-0.25, -0.2) is 0 Å². The van der Waals surface area contributed by atoms with E-state index < -0.39 is 0 Å². The molecule has 0 heterocycles. The van der Waals surface area contributed by atoms with E-state index in [4.69, 9.17) is 0 Å². The van der Waals surface area contributed by atoms with Crippen LogP contribution in [0.3, 0.4) is 0 Å². The zero-order valence-electron chi connectivity index (χ0n) is 13.2. The van der Waals surface area contributed by atoms with Crippen LogP contribution in [-0.4, -0.2) is 18.4 Å². The van der Waals surface area contributed by atoms with Gasteiger partial charge in [-0.2, -0.15) is 0 Å². The van der Waals surface area contributed by atoms with Gasteiger partial charge in [0.05, 0.1) is 0 Å². The van der Waals surface area contributed by atoms with E-state index in [0.29, 0.717) is 23.4 Å². The maximum Gasteiger partial charge on any atom is 0.255 e. The Labute approximate surface area is 149 Å². The highest BCUT2D eigenvalue weighted by Crippen LogP contribution is 2.16. The first-order valence-corrected chi connectivity index (χ1v) is 8.55. The van der Waals surface area contributed by atoms with Crippen LogP contribution in [0.5, 0.6) is 0 Å². The fourth-order valence-corrected chi connectivity index (χ4v) is 2.53. The van der Waals surface area contributed by atoms with Crippen LogP contribution >= 0.6 is 22.6 Å². The van der Waals surface area contributed by atoms with Gasteiger partial charge < -0.3 is 10.6 Å². The van der Waals surface area contributed by atoms with Crippen LogP contribution in [0.15, 0.2) is 42.5 Å². The second-order valence-electron chi connectivity index (χ2n) is 5.25. The highest BCUT2D eigenvalue weighted by atomic mass is 127. The van der Waals surface area contributed by atoms with Crippen molar-refractivity contribution in [2.75, 3.05) is 11.9 Å². The minimum Gasteiger partial charge on any atom is -0.352 e. The lowest BCUT2D eigenvalue weighted by Gasteiger charge is -2.09. The van der Waals surface area contributed by atoms with Crippen molar-refractivity contribution < 1.29 is 9.59 Å². The number of rotatable bonds is 5. The summed E-state index contributed by atoms with van der Waals surface area (Å²) in [5.41, 5.74) is 2.88. The zero-order valence-corrected chi connectivity index (χ0v) is 15.3. The summed E-state index contributed by atoms with van der Waals surface area (Å²) in [5, 5.41) is 5.66. The van der Waals surface area contributed by atoms with Crippen LogP contribution in [0, 0.1) is 10.5 Å². The van der Waals surface area contributed by atoms with E-state index in [2.05, 4.69) is 33.2 Å². The van der Waals surface area contributed by atoms with Gasteiger partial charge in [0.15, 0.2) is 0 Å². The molecule has 0 radical (unpaired) electrons. The molecule has 0 aliphatic rings. The normalized spacial score (nSPS) is 10.2. The molecule has 120 valence electrons. The molecule has 2 aromatic carbocycles. The number of amides is 2. The molecule has 0 aliphatic heterocycles. The largest absolute Gasteiger partial charge is 0.352 e. The lowest BCUT2D eigenvalue weighted by atomic mass is 10.1. The summed E-state index contributed by atoms with van der Waals surface area (Å²) in [5.74, 6) is -0.318. The molecule has 0 atom stereocenters. The van der Waals surface area contributed by atoms with Gasteiger partial charge in [0.25, 0.3) is 11.8 Å². The molecule has 0 saturated carbocycles. The van der Waals surface area contributed by atoms with Crippen LogP contribution in [0.2, 0.25) is 0 Å². The maximum atomic E-state index is 12.3. The van der Waals surface area contributed by atoms with E-state index in [9.17, 15) is 9.59 Å². The molecule has 0 aromatic heterocycles. The molecule has 0 unspecified atom stereocenters. The first kappa shape index (κ1) is 17.5. The number of hydrogen-bond acceptors (Lipinski definition) is 2. The second kappa shape index (κ2) is 8.10. The van der Waals surface area contributed by atoms with E-state index in [1.807, 2.05) is 26.0 Å². The molecule has 0 aliphatic carbocycles. The lowest BCUT2D eigenvalue weighted by molar-refractivity contribution is 0.0952. The first-order chi connectivity index (χ1) is 11.0. The van der Waals surface area contributed by atoms with Crippen molar-refractivity contribution in [3.05, 3.63) is 62.7 Å². The molecule has 4 nitrogen and oxygen atoms in total. The smallest absolute Gasteiger partial charge is 0.255 e. The summed E-state index contributed by atoms with van der Waals surface area (Å²) in [6.07, 6.45) is 0.883. The van der Waals surface area contributed by atoms with Gasteiger partial charge in [0.2, 0.25) is 0 Å². The van der Waals surface area contributed by atoms with E-state index in [0.717, 1.165) is 15.6 Å². The minimum atomic E-state index is -0.186. The van der Waals surface area contributed by atoms with Gasteiger partial charge in [-0.05, 0) is 71.8 Å². The predicted octanol–water partition coefficient (Wildman–Crippen LogP) is 3.99. The highest BCUT2D eigenvalue weighted by Gasteiger charge is 2.10. The SMILES string of the molecule is CCCNC(=O)c1cccc(NC(=O)c2ccc(C)c(I)c2)c1. The van der Waals surface area contributed by atoms with Crippen molar-refractivity contribution in [1.29, 1.82) is 0 Å². The Morgan fingerprint density at radius 3 is 2.48 bits per heavy atom. The molecule has 0 saturated heterocycles. The van der Waals surface area contributed by atoms with Crippen molar-refractivity contribution in [2.24, 2.45) is 0 Å². The fraction of sp³-hybridized carbons (Fsp3) is 0.222. The van der Waals surface area contributed by atoms with E-state index in [1.165, 1.54) is 0 Å². The standard InChI is InChI=1S/C18H19IN2O2/c1-3-9-20-17(22)13-5-4-6-15(10-13)21-18(23)14-8-7-12(2)16(19)11-14/h4-8,10-11H,3,9H2,1-2H3,(H,20,22)(H,21,23). The van der Waals surface area contributed by atoms with E-state index in [-0.39, 0.29) is 11.8 Å². The molecule has 2 N–H and O–H groups in total. The van der Waals surface area contributed by atoms with Gasteiger partial charge in [-0.1, -0.05) is 19.1 Å². The molecular weight excluding hydrogens is 403 g/mol. The number of carbonyl (C=O) groups excluding carboxylic acids is 2. The number of nitrogens with one attached hydrogen (secondary N) is 2. The molecule has 2 amide bonds. The Kier molecular flexibility index (Phi) is 6.15. The average molecular weight is 422 g/mol. The van der Waals surface area contributed by atoms with Gasteiger partial charge in [0.1, 0.15) is 0 Å². The number of benzene rings is 2. The van der Waals surface area contributed by atoms with Crippen LogP contribution < -0.4 is 10.6 Å². The Hall–Kier alpha value is -1.89. The highest BCUT2D eigenvalue weighted by molar-refractivity contribution is 14.1. The predicted molar refractivity (Wildman–Crippen MR) is 101 cm³/mol. The number of hydrogen-bond donors (Lipinski definition) is 2. The lowest BCUT2D eigenvalue weighted by Crippen LogP contribution is -2.24. The Bertz CT molecular complexity index is 729. The third-order valence-electron chi connectivity index (χ3n) is 3.35. The maximum absolute atomic E-state index is 12.3. The summed E-state index contributed by atoms with van der Waals surface area (Å²) >= 11 is 2.21. The van der Waals surface area contributed by atoms with Crippen LogP contribution in [0.25, 0.3) is 0 Å². The van der Waals surface area contributed by atoms with Crippen molar-refractivity contribution in [3.63, 3.8) is 0 Å². The number of halogens is 1. The fourth-order valence-electron chi connectivity index (χ4n) is 2.02. The third kappa shape index (κ3) is 4.79. The first-order valence-electron chi connectivity index (χ1n) is 7.47. The van der Waals surface area contributed by atoms with Crippen molar-refractivity contribution in [3.8, 4) is 0 Å². The average Bonchev–Trinajstić information content (AvgIpc) is 2.55. The minimum absolute atomic E-state index is 0.132. The van der Waals surface area contributed by atoms with E-state index >= 15 is 0 Å². The molecule has 2 rings (SSSR count). The number of carbonyl (C=O) groups is 2. The van der Waals surface area contributed by atoms with Gasteiger partial charge in [-0.3, -0.25) is 9.59 Å². The third-order valence-corrected chi connectivity index (χ3v) is 4.51. The molecule has 0 bridgehead atoms. The topological polar surface area (TPSA) is 58.2 Å². The van der Waals surface area contributed by atoms with E-state index in [1.54, 1.807) is 30.3 Å². The molecule has 0 spiro atoms. The number of anilines is 1. The van der Waals surface area contributed by atoms with Crippen molar-refractivity contribution >= 4 is 40.1 Å². The van der Waals surface area contributed by atoms with Crippen molar-refractivity contribution in [2.45, 2.75) is 20.3 Å². The summed E-state index contributed by atoms with van der Waals surface area (Å²) in [6, 6.07) is 12.5. The zero-order chi connectivity index (χ0) is 16.8. The Morgan fingerprint density at radius 2 is 1.78 bits per heavy atom. The quantitative estimate of drug-likeness (QED) is 0.716. The molecule has 0 fully saturated rings. The molecular formula is C18H19IN2O2. The molecule has 2 aromatic rings. The molecule has 23 heavy (non-hydrogen) atoms. The van der Waals surface area contributed by atoms with Gasteiger partial charge in [-0.15, -0.1) is 0 Å². The second-order valence-corrected chi connectivity index (χ2v) is 6.42. The summed E-state index contributed by atoms with van der Waals surface area (Å²) in [6.45, 7) is 4.64. The van der Waals surface area contributed by atoms with Gasteiger partial charge >= 0.3 is 0 Å². The van der Waals surface area contributed by atoms with Crippen LogP contribution in [0.4, 0.5) is 5.69 Å². The van der Waals surface area contributed by atoms with Crippen LogP contribution in [0.1, 0.15) is 39.6 Å². The monoisotopic (exact) mass is 422 g/mol. The van der Waals surface area contributed by atoms with Gasteiger partial charge in [0, 0.05) is 26.9 Å². The van der Waals surface area contributed by atoms with Crippen LogP contribution in [-0.2, 0) is 0 Å². The van der Waals surface area contributed by atoms with Crippen molar-refractivity contribution in [1.82, 2.24) is 5.32 Å². The summed E-state index contributed by atoms with van der Waals surface area (Å²) in [7, 11) is 0. The summed E-state index contributed by atoms with van der Waals surface area (Å²) < 4.78 is 1.04. The molecule has 5 heteroatoms.